The second-order valence-corrected chi connectivity index (χ2v) is 7.67. The fourth-order valence-corrected chi connectivity index (χ4v) is 2.41. The molecule has 6 heteroatoms. The molecule has 0 radical (unpaired) electrons. The SMILES string of the molecule is CC(C)Oc1ccc(NC(=O)C(C)(C)C(=O)Nc2ccc(N(C)C)cc2)cc1. The van der Waals surface area contributed by atoms with Crippen LogP contribution in [0, 0.1) is 5.41 Å². The van der Waals surface area contributed by atoms with Gasteiger partial charge in [0.1, 0.15) is 11.2 Å². The Morgan fingerprint density at radius 2 is 1.29 bits per heavy atom. The van der Waals surface area contributed by atoms with Crippen molar-refractivity contribution in [2.75, 3.05) is 29.6 Å². The van der Waals surface area contributed by atoms with Crippen LogP contribution in [0.4, 0.5) is 17.1 Å². The Morgan fingerprint density at radius 3 is 1.68 bits per heavy atom. The van der Waals surface area contributed by atoms with Crippen molar-refractivity contribution in [2.45, 2.75) is 33.8 Å². The molecule has 0 saturated carbocycles. The fourth-order valence-electron chi connectivity index (χ4n) is 2.41. The summed E-state index contributed by atoms with van der Waals surface area (Å²) in [6, 6.07) is 14.5. The van der Waals surface area contributed by atoms with E-state index in [9.17, 15) is 9.59 Å². The number of amides is 2. The highest BCUT2D eigenvalue weighted by molar-refractivity contribution is 6.14. The van der Waals surface area contributed by atoms with Crippen LogP contribution in [-0.2, 0) is 9.59 Å². The summed E-state index contributed by atoms with van der Waals surface area (Å²) in [6.45, 7) is 7.10. The van der Waals surface area contributed by atoms with Gasteiger partial charge >= 0.3 is 0 Å². The van der Waals surface area contributed by atoms with Crippen molar-refractivity contribution < 1.29 is 14.3 Å². The molecule has 2 rings (SSSR count). The molecule has 0 aliphatic rings. The first-order valence-electron chi connectivity index (χ1n) is 9.26. The summed E-state index contributed by atoms with van der Waals surface area (Å²) < 4.78 is 5.59. The lowest BCUT2D eigenvalue weighted by Gasteiger charge is -2.23. The van der Waals surface area contributed by atoms with E-state index in [2.05, 4.69) is 10.6 Å². The number of benzene rings is 2. The fraction of sp³-hybridized carbons (Fsp3) is 0.364. The first-order chi connectivity index (χ1) is 13.1. The predicted molar refractivity (Wildman–Crippen MR) is 114 cm³/mol. The van der Waals surface area contributed by atoms with Crippen LogP contribution in [0.3, 0.4) is 0 Å². The van der Waals surface area contributed by atoms with Crippen molar-refractivity contribution in [3.63, 3.8) is 0 Å². The highest BCUT2D eigenvalue weighted by Gasteiger charge is 2.36. The highest BCUT2D eigenvalue weighted by atomic mass is 16.5. The average Bonchev–Trinajstić information content (AvgIpc) is 2.63. The Labute approximate surface area is 166 Å². The first-order valence-corrected chi connectivity index (χ1v) is 9.26. The zero-order chi connectivity index (χ0) is 20.9. The number of rotatable bonds is 7. The Morgan fingerprint density at radius 1 is 0.857 bits per heavy atom. The minimum absolute atomic E-state index is 0.0786. The van der Waals surface area contributed by atoms with Gasteiger partial charge in [-0.1, -0.05) is 0 Å². The zero-order valence-electron chi connectivity index (χ0n) is 17.4. The monoisotopic (exact) mass is 383 g/mol. The average molecular weight is 383 g/mol. The van der Waals surface area contributed by atoms with Gasteiger partial charge in [0.05, 0.1) is 6.10 Å². The molecular weight excluding hydrogens is 354 g/mol. The number of hydrogen-bond donors (Lipinski definition) is 2. The molecule has 2 aromatic rings. The zero-order valence-corrected chi connectivity index (χ0v) is 17.4. The quantitative estimate of drug-likeness (QED) is 0.705. The summed E-state index contributed by atoms with van der Waals surface area (Å²) in [5.41, 5.74) is 1.04. The van der Waals surface area contributed by atoms with Crippen LogP contribution in [0.25, 0.3) is 0 Å². The number of nitrogens with one attached hydrogen (secondary N) is 2. The van der Waals surface area contributed by atoms with Crippen molar-refractivity contribution in [2.24, 2.45) is 5.41 Å². The first kappa shape index (κ1) is 21.3. The second kappa shape index (κ2) is 8.78. The van der Waals surface area contributed by atoms with Crippen molar-refractivity contribution in [3.8, 4) is 5.75 Å². The Kier molecular flexibility index (Phi) is 6.67. The minimum atomic E-state index is -1.24. The molecule has 0 fully saturated rings. The molecule has 0 atom stereocenters. The van der Waals surface area contributed by atoms with Crippen molar-refractivity contribution in [3.05, 3.63) is 48.5 Å². The maximum atomic E-state index is 12.7. The smallest absolute Gasteiger partial charge is 0.239 e. The number of carbonyl (C=O) groups is 2. The standard InChI is InChI=1S/C22H29N3O3/c1-15(2)28-19-13-9-17(10-14-19)24-21(27)22(3,4)20(26)23-16-7-11-18(12-8-16)25(5)6/h7-15H,1-6H3,(H,23,26)(H,24,27). The Balaban J connectivity index is 2.01. The molecule has 150 valence electrons. The Hall–Kier alpha value is -3.02. The van der Waals surface area contributed by atoms with Crippen LogP contribution >= 0.6 is 0 Å². The van der Waals surface area contributed by atoms with Crippen LogP contribution in [0.2, 0.25) is 0 Å². The van der Waals surface area contributed by atoms with Gasteiger partial charge < -0.3 is 20.3 Å². The molecule has 2 amide bonds. The van der Waals surface area contributed by atoms with E-state index in [-0.39, 0.29) is 17.9 Å². The summed E-state index contributed by atoms with van der Waals surface area (Å²) in [5, 5.41) is 5.60. The third-order valence-corrected chi connectivity index (χ3v) is 4.26. The van der Waals surface area contributed by atoms with Gasteiger partial charge in [-0.05, 0) is 76.2 Å². The van der Waals surface area contributed by atoms with E-state index >= 15 is 0 Å². The lowest BCUT2D eigenvalue weighted by Crippen LogP contribution is -2.41. The lowest BCUT2D eigenvalue weighted by molar-refractivity contribution is -0.135. The van der Waals surface area contributed by atoms with Crippen LogP contribution in [-0.4, -0.2) is 32.0 Å². The second-order valence-electron chi connectivity index (χ2n) is 7.67. The summed E-state index contributed by atoms with van der Waals surface area (Å²) in [7, 11) is 3.89. The number of anilines is 3. The third kappa shape index (κ3) is 5.49. The summed E-state index contributed by atoms with van der Waals surface area (Å²) in [4.78, 5) is 27.3. The molecule has 0 aliphatic carbocycles. The van der Waals surface area contributed by atoms with Crippen molar-refractivity contribution >= 4 is 28.9 Å². The van der Waals surface area contributed by atoms with Crippen LogP contribution in [0.5, 0.6) is 5.75 Å². The van der Waals surface area contributed by atoms with Crippen LogP contribution < -0.4 is 20.3 Å². The number of carbonyl (C=O) groups excluding carboxylic acids is 2. The number of ether oxygens (including phenoxy) is 1. The van der Waals surface area contributed by atoms with E-state index < -0.39 is 5.41 Å². The van der Waals surface area contributed by atoms with E-state index in [1.807, 2.05) is 57.1 Å². The van der Waals surface area contributed by atoms with Gasteiger partial charge in [-0.2, -0.15) is 0 Å². The molecular formula is C22H29N3O3. The van der Waals surface area contributed by atoms with Crippen LogP contribution in [0.1, 0.15) is 27.7 Å². The molecule has 0 spiro atoms. The lowest BCUT2D eigenvalue weighted by atomic mass is 9.90. The van der Waals surface area contributed by atoms with Gasteiger partial charge in [0, 0.05) is 31.2 Å². The van der Waals surface area contributed by atoms with Crippen LogP contribution in [0.15, 0.2) is 48.5 Å². The van der Waals surface area contributed by atoms with Gasteiger partial charge in [-0.25, -0.2) is 0 Å². The molecule has 0 aliphatic heterocycles. The van der Waals surface area contributed by atoms with E-state index in [1.54, 1.807) is 38.1 Å². The molecule has 0 saturated heterocycles. The van der Waals surface area contributed by atoms with Gasteiger partial charge in [0.25, 0.3) is 0 Å². The summed E-state index contributed by atoms with van der Waals surface area (Å²) in [6.07, 6.45) is 0.0786. The molecule has 0 heterocycles. The molecule has 0 unspecified atom stereocenters. The third-order valence-electron chi connectivity index (χ3n) is 4.26. The molecule has 28 heavy (non-hydrogen) atoms. The number of hydrogen-bond acceptors (Lipinski definition) is 4. The normalized spacial score (nSPS) is 11.1. The van der Waals surface area contributed by atoms with Gasteiger partial charge in [-0.15, -0.1) is 0 Å². The summed E-state index contributed by atoms with van der Waals surface area (Å²) >= 11 is 0. The van der Waals surface area contributed by atoms with E-state index in [0.717, 1.165) is 11.4 Å². The van der Waals surface area contributed by atoms with Crippen molar-refractivity contribution in [1.29, 1.82) is 0 Å². The molecule has 0 aromatic heterocycles. The Bertz CT molecular complexity index is 810. The maximum absolute atomic E-state index is 12.7. The topological polar surface area (TPSA) is 70.7 Å². The van der Waals surface area contributed by atoms with E-state index in [4.69, 9.17) is 4.74 Å². The summed E-state index contributed by atoms with van der Waals surface area (Å²) in [5.74, 6) is -0.0269. The van der Waals surface area contributed by atoms with E-state index in [0.29, 0.717) is 11.4 Å². The predicted octanol–water partition coefficient (Wildman–Crippen LogP) is 4.14. The van der Waals surface area contributed by atoms with Crippen molar-refractivity contribution in [1.82, 2.24) is 0 Å². The number of nitrogens with zero attached hydrogens (tertiary/aromatic N) is 1. The van der Waals surface area contributed by atoms with E-state index in [1.165, 1.54) is 0 Å². The molecule has 2 aromatic carbocycles. The van der Waals surface area contributed by atoms with Gasteiger partial charge in [-0.3, -0.25) is 9.59 Å². The molecule has 0 bridgehead atoms. The van der Waals surface area contributed by atoms with Gasteiger partial charge in [0.2, 0.25) is 11.8 Å². The maximum Gasteiger partial charge on any atom is 0.239 e. The van der Waals surface area contributed by atoms with Gasteiger partial charge in [0.15, 0.2) is 0 Å². The molecule has 2 N–H and O–H groups in total. The minimum Gasteiger partial charge on any atom is -0.491 e. The highest BCUT2D eigenvalue weighted by Crippen LogP contribution is 2.24. The largest absolute Gasteiger partial charge is 0.491 e. The molecule has 6 nitrogen and oxygen atoms in total.